The van der Waals surface area contributed by atoms with E-state index in [1.54, 1.807) is 0 Å². The predicted molar refractivity (Wildman–Crippen MR) is 100 cm³/mol. The van der Waals surface area contributed by atoms with Gasteiger partial charge in [-0.2, -0.15) is 0 Å². The fourth-order valence-electron chi connectivity index (χ4n) is 3.05. The summed E-state index contributed by atoms with van der Waals surface area (Å²) in [5.41, 5.74) is 1.28. The molecule has 0 atom stereocenters. The molecule has 0 bridgehead atoms. The Morgan fingerprint density at radius 3 is 2.26 bits per heavy atom. The summed E-state index contributed by atoms with van der Waals surface area (Å²) in [7, 11) is -1.50. The van der Waals surface area contributed by atoms with E-state index in [1.165, 1.54) is 35.8 Å². The monoisotopic (exact) mass is 333 g/mol. The first-order valence-corrected chi connectivity index (χ1v) is 11.3. The third-order valence-electron chi connectivity index (χ3n) is 4.81. The summed E-state index contributed by atoms with van der Waals surface area (Å²) < 4.78 is 5.33. The van der Waals surface area contributed by atoms with E-state index in [4.69, 9.17) is 4.74 Å². The molecule has 128 valence electrons. The van der Waals surface area contributed by atoms with Gasteiger partial charge in [-0.3, -0.25) is 4.79 Å². The molecule has 0 aliphatic heterocycles. The normalized spacial score (nSPS) is 12.3. The number of esters is 1. The lowest BCUT2D eigenvalue weighted by Gasteiger charge is -2.31. The fourth-order valence-corrected chi connectivity index (χ4v) is 6.82. The lowest BCUT2D eigenvalue weighted by Crippen LogP contribution is -2.37. The SMILES string of the molecule is CC[Si](CC)(CC)/C(=C\CNCc1ccccc1)COC(C)=O. The van der Waals surface area contributed by atoms with Gasteiger partial charge in [-0.1, -0.05) is 75.3 Å². The number of hydrogen-bond acceptors (Lipinski definition) is 3. The van der Waals surface area contributed by atoms with E-state index in [0.29, 0.717) is 6.61 Å². The predicted octanol–water partition coefficient (Wildman–Crippen LogP) is 4.31. The molecule has 0 radical (unpaired) electrons. The van der Waals surface area contributed by atoms with Crippen LogP contribution in [0.5, 0.6) is 0 Å². The molecule has 1 aromatic carbocycles. The number of hydrogen-bond donors (Lipinski definition) is 1. The number of carbonyl (C=O) groups is 1. The van der Waals surface area contributed by atoms with Crippen LogP contribution in [0.1, 0.15) is 33.3 Å². The number of carbonyl (C=O) groups excluding carboxylic acids is 1. The molecule has 0 fully saturated rings. The highest BCUT2D eigenvalue weighted by Gasteiger charge is 2.31. The number of rotatable bonds is 10. The summed E-state index contributed by atoms with van der Waals surface area (Å²) in [5.74, 6) is -0.195. The van der Waals surface area contributed by atoms with Gasteiger partial charge in [0.2, 0.25) is 0 Å². The smallest absolute Gasteiger partial charge is 0.302 e. The average molecular weight is 334 g/mol. The molecular formula is C19H31NO2Si. The van der Waals surface area contributed by atoms with E-state index in [-0.39, 0.29) is 5.97 Å². The molecule has 1 rings (SSSR count). The first kappa shape index (κ1) is 19.7. The molecule has 0 aromatic heterocycles. The Bertz CT molecular complexity index is 487. The maximum atomic E-state index is 11.2. The molecule has 0 aliphatic rings. The van der Waals surface area contributed by atoms with Gasteiger partial charge in [0.15, 0.2) is 0 Å². The molecule has 0 spiro atoms. The van der Waals surface area contributed by atoms with Crippen LogP contribution in [-0.4, -0.2) is 27.2 Å². The molecule has 23 heavy (non-hydrogen) atoms. The third kappa shape index (κ3) is 6.32. The summed E-state index contributed by atoms with van der Waals surface area (Å²) in [4.78, 5) is 11.2. The van der Waals surface area contributed by atoms with Gasteiger partial charge in [-0.05, 0) is 10.8 Å². The maximum Gasteiger partial charge on any atom is 0.302 e. The van der Waals surface area contributed by atoms with Crippen LogP contribution in [0.4, 0.5) is 0 Å². The van der Waals surface area contributed by atoms with Crippen LogP contribution in [0.15, 0.2) is 41.6 Å². The minimum atomic E-state index is -1.50. The highest BCUT2D eigenvalue weighted by atomic mass is 28.3. The van der Waals surface area contributed by atoms with Gasteiger partial charge in [0, 0.05) is 20.0 Å². The molecule has 3 nitrogen and oxygen atoms in total. The van der Waals surface area contributed by atoms with Gasteiger partial charge in [0.05, 0.1) is 8.07 Å². The Hall–Kier alpha value is -1.39. The van der Waals surface area contributed by atoms with Gasteiger partial charge in [0.1, 0.15) is 6.61 Å². The van der Waals surface area contributed by atoms with Crippen molar-refractivity contribution in [3.63, 3.8) is 0 Å². The molecule has 1 N–H and O–H groups in total. The van der Waals surface area contributed by atoms with Crippen molar-refractivity contribution in [3.8, 4) is 0 Å². The van der Waals surface area contributed by atoms with Crippen molar-refractivity contribution in [2.75, 3.05) is 13.2 Å². The number of ether oxygens (including phenoxy) is 1. The molecule has 0 amide bonds. The van der Waals surface area contributed by atoms with Crippen molar-refractivity contribution >= 4 is 14.0 Å². The van der Waals surface area contributed by atoms with Crippen LogP contribution in [0.3, 0.4) is 0 Å². The molecule has 0 heterocycles. The summed E-state index contributed by atoms with van der Waals surface area (Å²) in [6.45, 7) is 10.5. The highest BCUT2D eigenvalue weighted by Crippen LogP contribution is 2.28. The summed E-state index contributed by atoms with van der Waals surface area (Å²) >= 11 is 0. The minimum Gasteiger partial charge on any atom is -0.462 e. The zero-order chi connectivity index (χ0) is 17.1. The Morgan fingerprint density at radius 1 is 1.13 bits per heavy atom. The van der Waals surface area contributed by atoms with Crippen LogP contribution in [-0.2, 0) is 16.1 Å². The lowest BCUT2D eigenvalue weighted by molar-refractivity contribution is -0.139. The zero-order valence-corrected chi connectivity index (χ0v) is 16.0. The second-order valence-corrected chi connectivity index (χ2v) is 11.3. The van der Waals surface area contributed by atoms with Crippen LogP contribution in [0.25, 0.3) is 0 Å². The average Bonchev–Trinajstić information content (AvgIpc) is 2.58. The minimum absolute atomic E-state index is 0.195. The third-order valence-corrected chi connectivity index (χ3v) is 10.6. The van der Waals surface area contributed by atoms with Gasteiger partial charge in [-0.25, -0.2) is 0 Å². The quantitative estimate of drug-likeness (QED) is 0.394. The first-order chi connectivity index (χ1) is 11.1. The molecule has 4 heteroatoms. The highest BCUT2D eigenvalue weighted by molar-refractivity contribution is 6.86. The van der Waals surface area contributed by atoms with Gasteiger partial charge in [0.25, 0.3) is 0 Å². The van der Waals surface area contributed by atoms with E-state index in [0.717, 1.165) is 13.1 Å². The Morgan fingerprint density at radius 2 is 1.74 bits per heavy atom. The molecule has 1 aromatic rings. The van der Waals surface area contributed by atoms with Crippen molar-refractivity contribution in [1.82, 2.24) is 5.32 Å². The van der Waals surface area contributed by atoms with Crippen LogP contribution in [0, 0.1) is 0 Å². The largest absolute Gasteiger partial charge is 0.462 e. The summed E-state index contributed by atoms with van der Waals surface area (Å²) in [6, 6.07) is 14.0. The summed E-state index contributed by atoms with van der Waals surface area (Å²) in [6.07, 6.45) is 2.27. The molecule has 0 unspecified atom stereocenters. The maximum absolute atomic E-state index is 11.2. The van der Waals surface area contributed by atoms with Crippen LogP contribution < -0.4 is 5.32 Å². The van der Waals surface area contributed by atoms with Crippen molar-refractivity contribution in [1.29, 1.82) is 0 Å². The molecule has 0 saturated heterocycles. The van der Waals surface area contributed by atoms with Crippen molar-refractivity contribution in [2.45, 2.75) is 52.4 Å². The number of benzene rings is 1. The Balaban J connectivity index is 2.71. The van der Waals surface area contributed by atoms with E-state index in [1.807, 2.05) is 6.07 Å². The van der Waals surface area contributed by atoms with E-state index < -0.39 is 8.07 Å². The van der Waals surface area contributed by atoms with Gasteiger partial charge in [-0.15, -0.1) is 0 Å². The van der Waals surface area contributed by atoms with Crippen molar-refractivity contribution in [3.05, 3.63) is 47.2 Å². The van der Waals surface area contributed by atoms with Crippen molar-refractivity contribution < 1.29 is 9.53 Å². The topological polar surface area (TPSA) is 38.3 Å². The van der Waals surface area contributed by atoms with Gasteiger partial charge < -0.3 is 10.1 Å². The molecule has 0 saturated carbocycles. The lowest BCUT2D eigenvalue weighted by atomic mass is 10.2. The first-order valence-electron chi connectivity index (χ1n) is 8.65. The Labute approximate surface area is 142 Å². The fraction of sp³-hybridized carbons (Fsp3) is 0.526. The molecule has 0 aliphatic carbocycles. The van der Waals surface area contributed by atoms with E-state index >= 15 is 0 Å². The van der Waals surface area contributed by atoms with E-state index in [2.05, 4.69) is 56.4 Å². The summed E-state index contributed by atoms with van der Waals surface area (Å²) in [5, 5.41) is 4.85. The second kappa shape index (κ2) is 10.4. The standard InChI is InChI=1S/C19H31NO2Si/c1-5-23(6-2,7-3)19(16-22-17(4)21)13-14-20-15-18-11-9-8-10-12-18/h8-13,20H,5-7,14-16H2,1-4H3/b19-13-. The van der Waals surface area contributed by atoms with E-state index in [9.17, 15) is 4.79 Å². The second-order valence-electron chi connectivity index (χ2n) is 5.97. The zero-order valence-electron chi connectivity index (χ0n) is 15.0. The Kier molecular flexibility index (Phi) is 8.88. The molecular weight excluding hydrogens is 302 g/mol. The van der Waals surface area contributed by atoms with Crippen LogP contribution in [0.2, 0.25) is 18.1 Å². The van der Waals surface area contributed by atoms with Crippen molar-refractivity contribution in [2.24, 2.45) is 0 Å². The van der Waals surface area contributed by atoms with Crippen LogP contribution >= 0.6 is 0 Å². The van der Waals surface area contributed by atoms with Gasteiger partial charge >= 0.3 is 5.97 Å². The number of nitrogens with one attached hydrogen (secondary N) is 1.